The number of ether oxygens (including phenoxy) is 1. The van der Waals surface area contributed by atoms with E-state index in [9.17, 15) is 8.42 Å². The maximum Gasteiger partial charge on any atom is 0.232 e. The number of sulfonamides is 1. The number of nitrogens with one attached hydrogen (secondary N) is 2. The average Bonchev–Trinajstić information content (AvgIpc) is 3.43. The number of rotatable bonds is 7. The van der Waals surface area contributed by atoms with Gasteiger partial charge < -0.3 is 20.3 Å². The molecule has 2 fully saturated rings. The lowest BCUT2D eigenvalue weighted by Gasteiger charge is -2.44. The second kappa shape index (κ2) is 10.9. The van der Waals surface area contributed by atoms with E-state index in [0.717, 1.165) is 69.5 Å². The summed E-state index contributed by atoms with van der Waals surface area (Å²) in [6.07, 6.45) is 10.1. The standard InChI is InChI=1S/C30H35FN6O3S/c1-36(41(2,38)39)27-9-4-3-7-25(27)33-28-22-6-5-8-24(22)34-29(35-28)32-21-10-11-26(23(31)20-21)37-16-12-30(13-17-37)14-18-40-19-15-30/h3-7,9-11,20H,8,12-19H2,1-2H3,(H2,32,33,34,35). The molecule has 1 spiro atoms. The first-order valence-electron chi connectivity index (χ1n) is 14.0. The van der Waals surface area contributed by atoms with Crippen molar-refractivity contribution in [2.75, 3.05) is 59.4 Å². The van der Waals surface area contributed by atoms with Crippen LogP contribution in [0.2, 0.25) is 0 Å². The van der Waals surface area contributed by atoms with E-state index >= 15 is 4.39 Å². The van der Waals surface area contributed by atoms with Gasteiger partial charge in [0.1, 0.15) is 11.6 Å². The summed E-state index contributed by atoms with van der Waals surface area (Å²) in [5.41, 5.74) is 4.26. The molecule has 2 N–H and O–H groups in total. The third kappa shape index (κ3) is 5.73. The summed E-state index contributed by atoms with van der Waals surface area (Å²) in [5.74, 6) is 0.584. The summed E-state index contributed by atoms with van der Waals surface area (Å²) in [5, 5.41) is 6.47. The van der Waals surface area contributed by atoms with Crippen molar-refractivity contribution in [3.05, 3.63) is 65.6 Å². The zero-order chi connectivity index (χ0) is 28.6. The molecule has 0 radical (unpaired) electrons. The Balaban J connectivity index is 1.21. The molecule has 9 nitrogen and oxygen atoms in total. The van der Waals surface area contributed by atoms with Gasteiger partial charge in [0.2, 0.25) is 16.0 Å². The van der Waals surface area contributed by atoms with Crippen LogP contribution < -0.4 is 19.8 Å². The van der Waals surface area contributed by atoms with Crippen LogP contribution in [0.25, 0.3) is 6.08 Å². The molecule has 3 aliphatic rings. The van der Waals surface area contributed by atoms with Crippen LogP contribution in [0.3, 0.4) is 0 Å². The van der Waals surface area contributed by atoms with E-state index in [4.69, 9.17) is 9.72 Å². The number of allylic oxidation sites excluding steroid dienone is 1. The van der Waals surface area contributed by atoms with E-state index in [1.807, 2.05) is 30.4 Å². The fraction of sp³-hybridized carbons (Fsp3) is 0.400. The molecule has 0 atom stereocenters. The van der Waals surface area contributed by atoms with Crippen molar-refractivity contribution in [2.45, 2.75) is 32.1 Å². The van der Waals surface area contributed by atoms with E-state index in [0.29, 0.717) is 46.4 Å². The van der Waals surface area contributed by atoms with Crippen molar-refractivity contribution < 1.29 is 17.5 Å². The number of nitrogens with zero attached hydrogens (tertiary/aromatic N) is 4. The minimum atomic E-state index is -3.46. The zero-order valence-electron chi connectivity index (χ0n) is 23.4. The molecule has 1 aliphatic carbocycles. The Hall–Kier alpha value is -3.70. The van der Waals surface area contributed by atoms with Gasteiger partial charge in [0.05, 0.1) is 29.0 Å². The van der Waals surface area contributed by atoms with Gasteiger partial charge in [-0.1, -0.05) is 24.3 Å². The molecular formula is C30H35FN6O3S. The Morgan fingerprint density at radius 2 is 1.78 bits per heavy atom. The van der Waals surface area contributed by atoms with Gasteiger partial charge in [-0.05, 0) is 61.4 Å². The fourth-order valence-corrected chi connectivity index (χ4v) is 6.46. The number of hydrogen-bond donors (Lipinski definition) is 2. The first kappa shape index (κ1) is 27.5. The van der Waals surface area contributed by atoms with Gasteiger partial charge >= 0.3 is 0 Å². The topological polar surface area (TPSA) is 99.7 Å². The van der Waals surface area contributed by atoms with Crippen molar-refractivity contribution in [2.24, 2.45) is 5.41 Å². The normalized spacial score (nSPS) is 17.9. The average molecular weight is 579 g/mol. The van der Waals surface area contributed by atoms with Crippen molar-refractivity contribution in [1.29, 1.82) is 0 Å². The quantitative estimate of drug-likeness (QED) is 0.381. The van der Waals surface area contributed by atoms with Gasteiger partial charge in [-0.25, -0.2) is 17.8 Å². The van der Waals surface area contributed by atoms with Gasteiger partial charge in [-0.15, -0.1) is 0 Å². The summed E-state index contributed by atoms with van der Waals surface area (Å²) in [4.78, 5) is 11.5. The maximum atomic E-state index is 15.4. The van der Waals surface area contributed by atoms with Gasteiger partial charge in [0.15, 0.2) is 0 Å². The number of hydrogen-bond acceptors (Lipinski definition) is 8. The fourth-order valence-electron chi connectivity index (χ4n) is 5.94. The van der Waals surface area contributed by atoms with Crippen LogP contribution >= 0.6 is 0 Å². The molecule has 3 aromatic rings. The Bertz CT molecular complexity index is 1580. The molecule has 1 aromatic heterocycles. The summed E-state index contributed by atoms with van der Waals surface area (Å²) >= 11 is 0. The Morgan fingerprint density at radius 3 is 2.51 bits per heavy atom. The first-order chi connectivity index (χ1) is 19.7. The molecular weight excluding hydrogens is 543 g/mol. The highest BCUT2D eigenvalue weighted by Crippen LogP contribution is 2.42. The van der Waals surface area contributed by atoms with Crippen LogP contribution in [-0.2, 0) is 21.2 Å². The molecule has 2 aliphatic heterocycles. The van der Waals surface area contributed by atoms with Gasteiger partial charge in [-0.2, -0.15) is 4.98 Å². The van der Waals surface area contributed by atoms with Crippen LogP contribution in [0.4, 0.5) is 38.9 Å². The maximum absolute atomic E-state index is 15.4. The van der Waals surface area contributed by atoms with Crippen LogP contribution in [0, 0.1) is 11.2 Å². The molecule has 41 heavy (non-hydrogen) atoms. The Kier molecular flexibility index (Phi) is 7.33. The highest BCUT2D eigenvalue weighted by Gasteiger charge is 2.36. The molecule has 2 aromatic carbocycles. The van der Waals surface area contributed by atoms with Gasteiger partial charge in [0.25, 0.3) is 0 Å². The number of benzene rings is 2. The summed E-state index contributed by atoms with van der Waals surface area (Å²) in [6, 6.07) is 12.3. The lowest BCUT2D eigenvalue weighted by molar-refractivity contribution is 0.00206. The SMILES string of the molecule is CN(c1ccccc1Nc1nc(Nc2ccc(N3CCC4(CCOCC4)CC3)c(F)c2)nc2c1C=CC2)S(C)(=O)=O. The van der Waals surface area contributed by atoms with Crippen molar-refractivity contribution >= 4 is 50.6 Å². The predicted molar refractivity (Wildman–Crippen MR) is 161 cm³/mol. The minimum Gasteiger partial charge on any atom is -0.381 e. The summed E-state index contributed by atoms with van der Waals surface area (Å²) in [6.45, 7) is 3.35. The predicted octanol–water partition coefficient (Wildman–Crippen LogP) is 5.47. The molecule has 0 unspecified atom stereocenters. The zero-order valence-corrected chi connectivity index (χ0v) is 24.2. The van der Waals surface area contributed by atoms with Crippen molar-refractivity contribution in [1.82, 2.24) is 9.97 Å². The third-order valence-electron chi connectivity index (χ3n) is 8.54. The van der Waals surface area contributed by atoms with Crippen LogP contribution in [0.5, 0.6) is 0 Å². The monoisotopic (exact) mass is 578 g/mol. The van der Waals surface area contributed by atoms with Gasteiger partial charge in [0, 0.05) is 51.0 Å². The number of para-hydroxylation sites is 2. The number of anilines is 6. The summed E-state index contributed by atoms with van der Waals surface area (Å²) in [7, 11) is -1.95. The Morgan fingerprint density at radius 1 is 1.02 bits per heavy atom. The lowest BCUT2D eigenvalue weighted by atomic mass is 9.72. The molecule has 2 saturated heterocycles. The summed E-state index contributed by atoms with van der Waals surface area (Å²) < 4.78 is 46.6. The second-order valence-corrected chi connectivity index (χ2v) is 13.1. The van der Waals surface area contributed by atoms with E-state index in [1.165, 1.54) is 17.4 Å². The van der Waals surface area contributed by atoms with Crippen LogP contribution in [-0.4, -0.2) is 58.0 Å². The number of aromatic nitrogens is 2. The second-order valence-electron chi connectivity index (χ2n) is 11.1. The molecule has 216 valence electrons. The molecule has 0 amide bonds. The van der Waals surface area contributed by atoms with E-state index in [1.54, 1.807) is 18.2 Å². The number of halogens is 1. The van der Waals surface area contributed by atoms with E-state index < -0.39 is 10.0 Å². The molecule has 0 saturated carbocycles. The number of piperidine rings is 1. The highest BCUT2D eigenvalue weighted by molar-refractivity contribution is 7.92. The van der Waals surface area contributed by atoms with Crippen LogP contribution in [0.1, 0.15) is 36.9 Å². The highest BCUT2D eigenvalue weighted by atomic mass is 32.2. The van der Waals surface area contributed by atoms with Crippen LogP contribution in [0.15, 0.2) is 48.5 Å². The Labute approximate surface area is 240 Å². The smallest absolute Gasteiger partial charge is 0.232 e. The molecule has 3 heterocycles. The lowest BCUT2D eigenvalue weighted by Crippen LogP contribution is -2.43. The van der Waals surface area contributed by atoms with Gasteiger partial charge in [-0.3, -0.25) is 4.31 Å². The first-order valence-corrected chi connectivity index (χ1v) is 15.8. The minimum absolute atomic E-state index is 0.281. The molecule has 11 heteroatoms. The van der Waals surface area contributed by atoms with E-state index in [2.05, 4.69) is 20.5 Å². The molecule has 6 rings (SSSR count). The molecule has 0 bridgehead atoms. The van der Waals surface area contributed by atoms with Crippen molar-refractivity contribution in [3.63, 3.8) is 0 Å². The van der Waals surface area contributed by atoms with Crippen molar-refractivity contribution in [3.8, 4) is 0 Å². The number of fused-ring (bicyclic) bond motifs is 1. The largest absolute Gasteiger partial charge is 0.381 e. The third-order valence-corrected chi connectivity index (χ3v) is 9.73. The van der Waals surface area contributed by atoms with E-state index in [-0.39, 0.29) is 5.82 Å².